The lowest BCUT2D eigenvalue weighted by atomic mass is 10.0. The number of sulfonamides is 1. The molecule has 118 valence electrons. The third-order valence-electron chi connectivity index (χ3n) is 3.98. The molecule has 0 spiro atoms. The summed E-state index contributed by atoms with van der Waals surface area (Å²) >= 11 is 0. The molecule has 1 aliphatic heterocycles. The summed E-state index contributed by atoms with van der Waals surface area (Å²) in [5.41, 5.74) is 6.64. The number of nitrogens with one attached hydrogen (secondary N) is 1. The molecule has 2 unspecified atom stereocenters. The van der Waals surface area contributed by atoms with Crippen LogP contribution >= 0.6 is 0 Å². The Hall–Kier alpha value is -1.11. The van der Waals surface area contributed by atoms with Gasteiger partial charge >= 0.3 is 0 Å². The average Bonchev–Trinajstić information content (AvgIpc) is 2.78. The number of hydrogen-bond acceptors (Lipinski definition) is 4. The highest BCUT2D eigenvalue weighted by Crippen LogP contribution is 2.33. The van der Waals surface area contributed by atoms with E-state index in [0.717, 1.165) is 18.7 Å². The summed E-state index contributed by atoms with van der Waals surface area (Å²) in [5.74, 6) is 0.476. The molecule has 21 heavy (non-hydrogen) atoms. The topological polar surface area (TPSA) is 75.4 Å². The van der Waals surface area contributed by atoms with Gasteiger partial charge in [-0.15, -0.1) is 0 Å². The molecule has 3 N–H and O–H groups in total. The van der Waals surface area contributed by atoms with E-state index in [0.29, 0.717) is 17.4 Å². The van der Waals surface area contributed by atoms with Crippen LogP contribution in [0.1, 0.15) is 27.2 Å². The van der Waals surface area contributed by atoms with Crippen LogP contribution in [0.15, 0.2) is 29.2 Å². The van der Waals surface area contributed by atoms with Crippen molar-refractivity contribution in [1.29, 1.82) is 0 Å². The fourth-order valence-electron chi connectivity index (χ4n) is 2.96. The Morgan fingerprint density at radius 3 is 2.67 bits per heavy atom. The minimum atomic E-state index is -3.51. The van der Waals surface area contributed by atoms with Gasteiger partial charge in [0, 0.05) is 25.2 Å². The minimum Gasteiger partial charge on any atom is -0.366 e. The van der Waals surface area contributed by atoms with Crippen LogP contribution in [0, 0.1) is 5.92 Å². The van der Waals surface area contributed by atoms with E-state index >= 15 is 0 Å². The van der Waals surface area contributed by atoms with Gasteiger partial charge < -0.3 is 10.6 Å². The van der Waals surface area contributed by atoms with E-state index in [9.17, 15) is 8.42 Å². The maximum atomic E-state index is 12.5. The fourth-order valence-corrected chi connectivity index (χ4v) is 4.43. The number of benzene rings is 1. The molecule has 1 aromatic rings. The van der Waals surface area contributed by atoms with Crippen LogP contribution in [0.2, 0.25) is 0 Å². The van der Waals surface area contributed by atoms with Crippen molar-refractivity contribution in [3.8, 4) is 0 Å². The van der Waals surface area contributed by atoms with Gasteiger partial charge in [-0.05, 0) is 38.3 Å². The highest BCUT2D eigenvalue weighted by Gasteiger charge is 2.33. The second-order valence-electron chi connectivity index (χ2n) is 6.01. The Morgan fingerprint density at radius 2 is 2.05 bits per heavy atom. The van der Waals surface area contributed by atoms with Crippen LogP contribution in [-0.2, 0) is 10.0 Å². The highest BCUT2D eigenvalue weighted by molar-refractivity contribution is 7.89. The SMILES string of the molecule is CC(C)NS(=O)(=O)c1ccccc1N1CCC(C)C1CN. The first-order valence-electron chi connectivity index (χ1n) is 7.45. The van der Waals surface area contributed by atoms with Crippen molar-refractivity contribution in [1.82, 2.24) is 4.72 Å². The lowest BCUT2D eigenvalue weighted by Crippen LogP contribution is -2.40. The normalized spacial score (nSPS) is 23.0. The summed E-state index contributed by atoms with van der Waals surface area (Å²) in [7, 11) is -3.51. The molecule has 0 radical (unpaired) electrons. The molecule has 5 nitrogen and oxygen atoms in total. The lowest BCUT2D eigenvalue weighted by Gasteiger charge is -2.29. The van der Waals surface area contributed by atoms with E-state index in [1.54, 1.807) is 12.1 Å². The molecule has 0 saturated carbocycles. The predicted molar refractivity (Wildman–Crippen MR) is 85.9 cm³/mol. The van der Waals surface area contributed by atoms with Gasteiger partial charge in [0.05, 0.1) is 5.69 Å². The minimum absolute atomic E-state index is 0.133. The largest absolute Gasteiger partial charge is 0.366 e. The van der Waals surface area contributed by atoms with E-state index in [1.807, 2.05) is 26.0 Å². The molecule has 2 atom stereocenters. The van der Waals surface area contributed by atoms with Gasteiger partial charge in [0.1, 0.15) is 4.90 Å². The molecular formula is C15H25N3O2S. The maximum absolute atomic E-state index is 12.5. The number of nitrogens with two attached hydrogens (primary N) is 1. The number of nitrogens with zero attached hydrogens (tertiary/aromatic N) is 1. The molecular weight excluding hydrogens is 286 g/mol. The Kier molecular flexibility index (Phi) is 4.91. The maximum Gasteiger partial charge on any atom is 0.242 e. The second kappa shape index (κ2) is 6.34. The number of rotatable bonds is 5. The van der Waals surface area contributed by atoms with Crippen LogP contribution in [0.25, 0.3) is 0 Å². The average molecular weight is 311 g/mol. The second-order valence-corrected chi connectivity index (χ2v) is 7.69. The Morgan fingerprint density at radius 1 is 1.38 bits per heavy atom. The highest BCUT2D eigenvalue weighted by atomic mass is 32.2. The van der Waals surface area contributed by atoms with E-state index < -0.39 is 10.0 Å². The zero-order valence-electron chi connectivity index (χ0n) is 12.9. The first kappa shape index (κ1) is 16.3. The molecule has 0 aromatic heterocycles. The molecule has 2 rings (SSSR count). The fraction of sp³-hybridized carbons (Fsp3) is 0.600. The van der Waals surface area contributed by atoms with E-state index in [-0.39, 0.29) is 12.1 Å². The molecule has 0 aliphatic carbocycles. The Labute approximate surface area is 127 Å². The van der Waals surface area contributed by atoms with Crippen LogP contribution in [0.3, 0.4) is 0 Å². The first-order valence-corrected chi connectivity index (χ1v) is 8.93. The van der Waals surface area contributed by atoms with Gasteiger partial charge in [-0.3, -0.25) is 0 Å². The number of anilines is 1. The van der Waals surface area contributed by atoms with Gasteiger partial charge in [0.2, 0.25) is 10.0 Å². The van der Waals surface area contributed by atoms with Crippen molar-refractivity contribution in [2.75, 3.05) is 18.0 Å². The van der Waals surface area contributed by atoms with Crippen LogP contribution in [0.4, 0.5) is 5.69 Å². The van der Waals surface area contributed by atoms with Gasteiger partial charge in [-0.2, -0.15) is 0 Å². The van der Waals surface area contributed by atoms with Crippen LogP contribution in [-0.4, -0.2) is 33.6 Å². The Balaban J connectivity index is 2.42. The smallest absolute Gasteiger partial charge is 0.242 e. The predicted octanol–water partition coefficient (Wildman–Crippen LogP) is 1.55. The van der Waals surface area contributed by atoms with Gasteiger partial charge in [0.15, 0.2) is 0 Å². The molecule has 1 saturated heterocycles. The van der Waals surface area contributed by atoms with Crippen molar-refractivity contribution in [3.05, 3.63) is 24.3 Å². The molecule has 1 aliphatic rings. The summed E-state index contributed by atoms with van der Waals surface area (Å²) in [6.07, 6.45) is 1.04. The molecule has 0 amide bonds. The summed E-state index contributed by atoms with van der Waals surface area (Å²) in [6, 6.07) is 7.23. The van der Waals surface area contributed by atoms with Crippen molar-refractivity contribution >= 4 is 15.7 Å². The monoisotopic (exact) mass is 311 g/mol. The van der Waals surface area contributed by atoms with Gasteiger partial charge in [0.25, 0.3) is 0 Å². The summed E-state index contributed by atoms with van der Waals surface area (Å²) < 4.78 is 27.7. The molecule has 1 fully saturated rings. The van der Waals surface area contributed by atoms with Crippen molar-refractivity contribution < 1.29 is 8.42 Å². The first-order chi connectivity index (χ1) is 9.86. The summed E-state index contributed by atoms with van der Waals surface area (Å²) in [5, 5.41) is 0. The third-order valence-corrected chi connectivity index (χ3v) is 5.69. The van der Waals surface area contributed by atoms with Crippen LogP contribution in [0.5, 0.6) is 0 Å². The molecule has 6 heteroatoms. The lowest BCUT2D eigenvalue weighted by molar-refractivity contribution is 0.517. The zero-order valence-corrected chi connectivity index (χ0v) is 13.7. The molecule has 1 aromatic carbocycles. The molecule has 0 bridgehead atoms. The van der Waals surface area contributed by atoms with Crippen molar-refractivity contribution in [2.24, 2.45) is 11.7 Å². The van der Waals surface area contributed by atoms with Crippen molar-refractivity contribution in [3.63, 3.8) is 0 Å². The van der Waals surface area contributed by atoms with E-state index in [1.165, 1.54) is 0 Å². The standard InChI is InChI=1S/C15H25N3O2S/c1-11(2)17-21(19,20)15-7-5-4-6-13(15)18-9-8-12(3)14(18)10-16/h4-7,11-12,14,17H,8-10,16H2,1-3H3. The van der Waals surface area contributed by atoms with E-state index in [4.69, 9.17) is 5.73 Å². The Bertz CT molecular complexity index is 586. The number of hydrogen-bond donors (Lipinski definition) is 2. The molecule has 1 heterocycles. The summed E-state index contributed by atoms with van der Waals surface area (Å²) in [6.45, 7) is 7.19. The van der Waals surface area contributed by atoms with Gasteiger partial charge in [-0.25, -0.2) is 13.1 Å². The van der Waals surface area contributed by atoms with E-state index in [2.05, 4.69) is 16.5 Å². The number of para-hydroxylation sites is 1. The van der Waals surface area contributed by atoms with Crippen LogP contribution < -0.4 is 15.4 Å². The van der Waals surface area contributed by atoms with Crippen molar-refractivity contribution in [2.45, 2.75) is 44.2 Å². The van der Waals surface area contributed by atoms with Gasteiger partial charge in [-0.1, -0.05) is 19.1 Å². The third kappa shape index (κ3) is 3.39. The summed E-state index contributed by atoms with van der Waals surface area (Å²) in [4.78, 5) is 2.48. The zero-order chi connectivity index (χ0) is 15.6. The quantitative estimate of drug-likeness (QED) is 0.865.